The predicted octanol–water partition coefficient (Wildman–Crippen LogP) is 2.98. The predicted molar refractivity (Wildman–Crippen MR) is 77.3 cm³/mol. The fourth-order valence-electron chi connectivity index (χ4n) is 2.63. The van der Waals surface area contributed by atoms with Crippen LogP contribution in [0.5, 0.6) is 5.75 Å². The van der Waals surface area contributed by atoms with E-state index in [4.69, 9.17) is 4.74 Å². The fourth-order valence-corrected chi connectivity index (χ4v) is 3.79. The summed E-state index contributed by atoms with van der Waals surface area (Å²) in [6.07, 6.45) is 5.60. The van der Waals surface area contributed by atoms with Crippen molar-refractivity contribution < 1.29 is 13.2 Å². The van der Waals surface area contributed by atoms with Crippen LogP contribution < -0.4 is 4.74 Å². The van der Waals surface area contributed by atoms with Crippen molar-refractivity contribution in [3.05, 3.63) is 29.8 Å². The van der Waals surface area contributed by atoms with Gasteiger partial charge in [0, 0.05) is 12.7 Å². The minimum Gasteiger partial charge on any atom is -0.490 e. The molecule has 0 N–H and O–H groups in total. The zero-order valence-corrected chi connectivity index (χ0v) is 12.4. The number of hydrogen-bond acceptors (Lipinski definition) is 3. The Labute approximate surface area is 115 Å². The summed E-state index contributed by atoms with van der Waals surface area (Å²) in [5.41, 5.74) is 1.24. The number of ether oxygens (including phenoxy) is 1. The fraction of sp³-hybridized carbons (Fsp3) is 0.600. The lowest BCUT2D eigenvalue weighted by Crippen LogP contribution is -2.33. The third-order valence-electron chi connectivity index (χ3n) is 3.79. The van der Waals surface area contributed by atoms with E-state index >= 15 is 0 Å². The van der Waals surface area contributed by atoms with Gasteiger partial charge < -0.3 is 4.74 Å². The van der Waals surface area contributed by atoms with Crippen molar-refractivity contribution in [2.75, 3.05) is 6.26 Å². The molecular weight excluding hydrogens is 260 g/mol. The van der Waals surface area contributed by atoms with Gasteiger partial charge in [0.25, 0.3) is 0 Å². The van der Waals surface area contributed by atoms with Crippen molar-refractivity contribution >= 4 is 9.84 Å². The zero-order valence-electron chi connectivity index (χ0n) is 11.6. The molecule has 0 amide bonds. The van der Waals surface area contributed by atoms with E-state index in [1.165, 1.54) is 11.8 Å². The lowest BCUT2D eigenvalue weighted by atomic mass is 9.97. The second-order valence-corrected chi connectivity index (χ2v) is 7.68. The van der Waals surface area contributed by atoms with Crippen LogP contribution in [0, 0.1) is 0 Å². The number of rotatable bonds is 4. The zero-order chi connectivity index (χ0) is 13.9. The highest BCUT2D eigenvalue weighted by molar-refractivity contribution is 7.91. The van der Waals surface area contributed by atoms with Gasteiger partial charge in [-0.1, -0.05) is 19.1 Å². The van der Waals surface area contributed by atoms with E-state index in [-0.39, 0.29) is 11.4 Å². The van der Waals surface area contributed by atoms with Crippen LogP contribution >= 0.6 is 0 Å². The molecule has 0 heterocycles. The average molecular weight is 282 g/mol. The van der Waals surface area contributed by atoms with Crippen LogP contribution in [-0.4, -0.2) is 26.0 Å². The summed E-state index contributed by atoms with van der Waals surface area (Å²) in [6.45, 7) is 2.11. The van der Waals surface area contributed by atoms with E-state index in [1.807, 2.05) is 18.2 Å². The second-order valence-electron chi connectivity index (χ2n) is 5.36. The number of sulfone groups is 1. The quantitative estimate of drug-likeness (QED) is 0.852. The Hall–Kier alpha value is -1.03. The van der Waals surface area contributed by atoms with Crippen molar-refractivity contribution in [1.82, 2.24) is 0 Å². The van der Waals surface area contributed by atoms with Crippen LogP contribution in [-0.2, 0) is 16.3 Å². The molecule has 0 bridgehead atoms. The van der Waals surface area contributed by atoms with Crippen LogP contribution in [0.2, 0.25) is 0 Å². The molecule has 2 unspecified atom stereocenters. The van der Waals surface area contributed by atoms with Crippen molar-refractivity contribution in [1.29, 1.82) is 0 Å². The van der Waals surface area contributed by atoms with Gasteiger partial charge in [-0.25, -0.2) is 8.42 Å². The van der Waals surface area contributed by atoms with E-state index in [2.05, 4.69) is 13.0 Å². The Kier molecular flexibility index (Phi) is 4.50. The van der Waals surface area contributed by atoms with E-state index in [1.54, 1.807) is 0 Å². The molecule has 0 radical (unpaired) electrons. The lowest BCUT2D eigenvalue weighted by Gasteiger charge is -2.28. The molecule has 106 valence electrons. The molecule has 1 aliphatic rings. The standard InChI is InChI=1S/C15H22O3S/c1-3-12-6-4-7-13(10-12)18-14-8-5-9-15(11-14)19(2,16)17/h4,6-7,10,14-15H,3,5,8-9,11H2,1-2H3. The maximum absolute atomic E-state index is 11.6. The van der Waals surface area contributed by atoms with Gasteiger partial charge in [0.05, 0.1) is 11.4 Å². The van der Waals surface area contributed by atoms with E-state index in [9.17, 15) is 8.42 Å². The molecular formula is C15H22O3S. The molecule has 1 aromatic carbocycles. The summed E-state index contributed by atoms with van der Waals surface area (Å²) >= 11 is 0. The number of benzene rings is 1. The Morgan fingerprint density at radius 3 is 2.79 bits per heavy atom. The molecule has 0 aromatic heterocycles. The second kappa shape index (κ2) is 5.95. The molecule has 1 aliphatic carbocycles. The van der Waals surface area contributed by atoms with Crippen LogP contribution in [0.4, 0.5) is 0 Å². The van der Waals surface area contributed by atoms with Crippen molar-refractivity contribution in [2.24, 2.45) is 0 Å². The van der Waals surface area contributed by atoms with E-state index < -0.39 is 9.84 Å². The summed E-state index contributed by atoms with van der Waals surface area (Å²) in [7, 11) is -2.94. The molecule has 0 saturated heterocycles. The molecule has 4 heteroatoms. The first-order valence-corrected chi connectivity index (χ1v) is 8.89. The van der Waals surface area contributed by atoms with Crippen LogP contribution in [0.25, 0.3) is 0 Å². The largest absolute Gasteiger partial charge is 0.490 e. The summed E-state index contributed by atoms with van der Waals surface area (Å²) in [5.74, 6) is 0.860. The lowest BCUT2D eigenvalue weighted by molar-refractivity contribution is 0.156. The molecule has 1 saturated carbocycles. The molecule has 2 rings (SSSR count). The van der Waals surface area contributed by atoms with Gasteiger partial charge in [-0.3, -0.25) is 0 Å². The third kappa shape index (κ3) is 3.96. The van der Waals surface area contributed by atoms with Gasteiger partial charge in [-0.05, 0) is 43.4 Å². The first kappa shape index (κ1) is 14.4. The highest BCUT2D eigenvalue weighted by atomic mass is 32.2. The smallest absolute Gasteiger partial charge is 0.150 e. The Bertz CT molecular complexity index is 522. The average Bonchev–Trinajstić information content (AvgIpc) is 2.38. The number of hydrogen-bond donors (Lipinski definition) is 0. The molecule has 0 aliphatic heterocycles. The van der Waals surface area contributed by atoms with Gasteiger partial charge in [0.2, 0.25) is 0 Å². The maximum atomic E-state index is 11.6. The molecule has 0 spiro atoms. The van der Waals surface area contributed by atoms with Crippen molar-refractivity contribution in [3.8, 4) is 5.75 Å². The Balaban J connectivity index is 2.02. The molecule has 1 fully saturated rings. The highest BCUT2D eigenvalue weighted by Crippen LogP contribution is 2.27. The Morgan fingerprint density at radius 1 is 1.32 bits per heavy atom. The molecule has 2 atom stereocenters. The maximum Gasteiger partial charge on any atom is 0.150 e. The van der Waals surface area contributed by atoms with Crippen LogP contribution in [0.15, 0.2) is 24.3 Å². The van der Waals surface area contributed by atoms with Gasteiger partial charge >= 0.3 is 0 Å². The minimum atomic E-state index is -2.94. The summed E-state index contributed by atoms with van der Waals surface area (Å²) < 4.78 is 29.2. The van der Waals surface area contributed by atoms with Gasteiger partial charge in [0.1, 0.15) is 15.6 Å². The first-order valence-electron chi connectivity index (χ1n) is 6.93. The number of aryl methyl sites for hydroxylation is 1. The van der Waals surface area contributed by atoms with Crippen LogP contribution in [0.3, 0.4) is 0 Å². The summed E-state index contributed by atoms with van der Waals surface area (Å²) in [6, 6.07) is 8.06. The summed E-state index contributed by atoms with van der Waals surface area (Å²) in [5, 5.41) is -0.236. The van der Waals surface area contributed by atoms with E-state index in [0.29, 0.717) is 6.42 Å². The molecule has 19 heavy (non-hydrogen) atoms. The summed E-state index contributed by atoms with van der Waals surface area (Å²) in [4.78, 5) is 0. The van der Waals surface area contributed by atoms with Gasteiger partial charge in [0.15, 0.2) is 0 Å². The topological polar surface area (TPSA) is 43.4 Å². The monoisotopic (exact) mass is 282 g/mol. The van der Waals surface area contributed by atoms with Crippen molar-refractivity contribution in [2.45, 2.75) is 50.4 Å². The first-order chi connectivity index (χ1) is 8.99. The van der Waals surface area contributed by atoms with E-state index in [0.717, 1.165) is 31.4 Å². The Morgan fingerprint density at radius 2 is 2.11 bits per heavy atom. The minimum absolute atomic E-state index is 0.0283. The highest BCUT2D eigenvalue weighted by Gasteiger charge is 2.29. The van der Waals surface area contributed by atoms with Gasteiger partial charge in [-0.2, -0.15) is 0 Å². The molecule has 1 aromatic rings. The SMILES string of the molecule is CCc1cccc(OC2CCCC(S(C)(=O)=O)C2)c1. The van der Waals surface area contributed by atoms with Gasteiger partial charge in [-0.15, -0.1) is 0 Å². The third-order valence-corrected chi connectivity index (χ3v) is 5.43. The van der Waals surface area contributed by atoms with Crippen LogP contribution in [0.1, 0.15) is 38.2 Å². The van der Waals surface area contributed by atoms with Crippen molar-refractivity contribution in [3.63, 3.8) is 0 Å². The molecule has 3 nitrogen and oxygen atoms in total. The normalized spacial score (nSPS) is 24.1.